The second-order valence-electron chi connectivity index (χ2n) is 6.02. The number of fused-ring (bicyclic) bond motifs is 1. The number of nitrogens with one attached hydrogen (secondary N) is 2. The van der Waals surface area contributed by atoms with Gasteiger partial charge in [0.2, 0.25) is 11.8 Å². The molecule has 0 spiro atoms. The maximum atomic E-state index is 13.1. The monoisotopic (exact) mass is 325 g/mol. The zero-order valence-electron chi connectivity index (χ0n) is 12.5. The average Bonchev–Trinajstić information content (AvgIpc) is 2.88. The van der Waals surface area contributed by atoms with E-state index in [1.165, 1.54) is 12.1 Å². The first-order chi connectivity index (χ1) is 10.9. The number of hydrogen-bond acceptors (Lipinski definition) is 2. The summed E-state index contributed by atoms with van der Waals surface area (Å²) in [5.74, 6) is -2.82. The van der Waals surface area contributed by atoms with E-state index in [-0.39, 0.29) is 43.3 Å². The molecule has 2 aromatic rings. The van der Waals surface area contributed by atoms with Crippen LogP contribution in [0.4, 0.5) is 13.2 Å². The standard InChI is InChI=1S/C16H18F3N3O/c17-11-1-2-12-13(9-11)22-14(21-12)5-8-20-15(23)10-3-6-16(18,19)7-4-10/h1-2,9-10H,3-8H2,(H,20,23)(H,21,22). The van der Waals surface area contributed by atoms with Gasteiger partial charge in [-0.1, -0.05) is 0 Å². The quantitative estimate of drug-likeness (QED) is 0.907. The zero-order valence-corrected chi connectivity index (χ0v) is 12.5. The van der Waals surface area contributed by atoms with Crippen LogP contribution >= 0.6 is 0 Å². The van der Waals surface area contributed by atoms with E-state index >= 15 is 0 Å². The number of aromatic amines is 1. The molecule has 1 aliphatic carbocycles. The summed E-state index contributed by atoms with van der Waals surface area (Å²) in [6.07, 6.45) is 0.483. The van der Waals surface area contributed by atoms with E-state index in [9.17, 15) is 18.0 Å². The molecule has 0 bridgehead atoms. The van der Waals surface area contributed by atoms with Crippen LogP contribution in [0, 0.1) is 11.7 Å². The molecule has 0 radical (unpaired) electrons. The van der Waals surface area contributed by atoms with Gasteiger partial charge in [-0.05, 0) is 31.0 Å². The summed E-state index contributed by atoms with van der Waals surface area (Å²) in [6.45, 7) is 0.369. The van der Waals surface area contributed by atoms with Crippen molar-refractivity contribution in [1.29, 1.82) is 0 Å². The predicted molar refractivity (Wildman–Crippen MR) is 79.7 cm³/mol. The van der Waals surface area contributed by atoms with Crippen molar-refractivity contribution in [3.8, 4) is 0 Å². The lowest BCUT2D eigenvalue weighted by Gasteiger charge is -2.27. The molecule has 3 rings (SSSR count). The second kappa shape index (κ2) is 6.22. The highest BCUT2D eigenvalue weighted by Crippen LogP contribution is 2.36. The Labute approximate surface area is 131 Å². The minimum absolute atomic E-state index is 0.178. The predicted octanol–water partition coefficient (Wildman–Crippen LogP) is 3.19. The van der Waals surface area contributed by atoms with Crippen LogP contribution < -0.4 is 5.32 Å². The molecular formula is C16H18F3N3O. The number of halogens is 3. The number of amides is 1. The molecule has 7 heteroatoms. The maximum absolute atomic E-state index is 13.1. The van der Waals surface area contributed by atoms with Gasteiger partial charge in [-0.2, -0.15) is 0 Å². The Morgan fingerprint density at radius 2 is 2.09 bits per heavy atom. The fourth-order valence-corrected chi connectivity index (χ4v) is 2.90. The van der Waals surface area contributed by atoms with E-state index in [4.69, 9.17) is 0 Å². The summed E-state index contributed by atoms with van der Waals surface area (Å²) in [5, 5.41) is 2.77. The van der Waals surface area contributed by atoms with Crippen molar-refractivity contribution in [2.75, 3.05) is 6.54 Å². The highest BCUT2D eigenvalue weighted by atomic mass is 19.3. The molecule has 1 amide bonds. The molecule has 23 heavy (non-hydrogen) atoms. The van der Waals surface area contributed by atoms with Crippen molar-refractivity contribution in [3.63, 3.8) is 0 Å². The van der Waals surface area contributed by atoms with Crippen molar-refractivity contribution in [3.05, 3.63) is 29.8 Å². The number of nitrogens with zero attached hydrogens (tertiary/aromatic N) is 1. The summed E-state index contributed by atoms with van der Waals surface area (Å²) in [5.41, 5.74) is 1.28. The van der Waals surface area contributed by atoms with Crippen LogP contribution in [0.15, 0.2) is 18.2 Å². The summed E-state index contributed by atoms with van der Waals surface area (Å²) >= 11 is 0. The number of carbonyl (C=O) groups is 1. The zero-order chi connectivity index (χ0) is 16.4. The average molecular weight is 325 g/mol. The Bertz CT molecular complexity index is 704. The minimum Gasteiger partial charge on any atom is -0.355 e. The van der Waals surface area contributed by atoms with Crippen LogP contribution in [0.5, 0.6) is 0 Å². The Hall–Kier alpha value is -2.05. The Morgan fingerprint density at radius 3 is 2.83 bits per heavy atom. The number of H-pyrrole nitrogens is 1. The molecule has 0 atom stereocenters. The van der Waals surface area contributed by atoms with Crippen LogP contribution in [0.1, 0.15) is 31.5 Å². The van der Waals surface area contributed by atoms with Gasteiger partial charge < -0.3 is 10.3 Å². The number of rotatable bonds is 4. The van der Waals surface area contributed by atoms with Crippen molar-refractivity contribution in [2.24, 2.45) is 5.92 Å². The fourth-order valence-electron chi connectivity index (χ4n) is 2.90. The molecule has 0 aliphatic heterocycles. The molecule has 4 nitrogen and oxygen atoms in total. The molecule has 2 N–H and O–H groups in total. The van der Waals surface area contributed by atoms with Crippen LogP contribution in [0.3, 0.4) is 0 Å². The van der Waals surface area contributed by atoms with Gasteiger partial charge in [0.15, 0.2) is 0 Å². The number of aromatic nitrogens is 2. The first-order valence-electron chi connectivity index (χ1n) is 7.73. The largest absolute Gasteiger partial charge is 0.355 e. The van der Waals surface area contributed by atoms with Crippen LogP contribution in [-0.4, -0.2) is 28.3 Å². The van der Waals surface area contributed by atoms with Crippen molar-refractivity contribution >= 4 is 16.9 Å². The van der Waals surface area contributed by atoms with Crippen molar-refractivity contribution in [2.45, 2.75) is 38.0 Å². The van der Waals surface area contributed by atoms with Gasteiger partial charge in [0.25, 0.3) is 0 Å². The molecule has 0 saturated heterocycles. The van der Waals surface area contributed by atoms with Crippen molar-refractivity contribution in [1.82, 2.24) is 15.3 Å². The SMILES string of the molecule is O=C(NCCc1nc2ccc(F)cc2[nH]1)C1CCC(F)(F)CC1. The minimum atomic E-state index is -2.62. The lowest BCUT2D eigenvalue weighted by Crippen LogP contribution is -2.36. The van der Waals surface area contributed by atoms with Gasteiger partial charge in [0.05, 0.1) is 11.0 Å². The molecule has 1 aromatic carbocycles. The van der Waals surface area contributed by atoms with Gasteiger partial charge in [-0.25, -0.2) is 18.2 Å². The first kappa shape index (κ1) is 15.8. The number of imidazole rings is 1. The molecule has 124 valence electrons. The highest BCUT2D eigenvalue weighted by molar-refractivity contribution is 5.78. The van der Waals surface area contributed by atoms with Gasteiger partial charge in [-0.3, -0.25) is 4.79 Å². The molecule has 1 heterocycles. The smallest absolute Gasteiger partial charge is 0.248 e. The number of carbonyl (C=O) groups excluding carboxylic acids is 1. The normalized spacial score (nSPS) is 18.2. The third-order valence-corrected chi connectivity index (χ3v) is 4.24. The van der Waals surface area contributed by atoms with Gasteiger partial charge >= 0.3 is 0 Å². The van der Waals surface area contributed by atoms with Crippen LogP contribution in [-0.2, 0) is 11.2 Å². The van der Waals surface area contributed by atoms with Gasteiger partial charge in [-0.15, -0.1) is 0 Å². The van der Waals surface area contributed by atoms with Gasteiger partial charge in [0, 0.05) is 31.7 Å². The van der Waals surface area contributed by atoms with E-state index in [0.29, 0.717) is 29.8 Å². The molecule has 1 aromatic heterocycles. The van der Waals surface area contributed by atoms with Crippen LogP contribution in [0.2, 0.25) is 0 Å². The van der Waals surface area contributed by atoms with Gasteiger partial charge in [0.1, 0.15) is 11.6 Å². The first-order valence-corrected chi connectivity index (χ1v) is 7.73. The Morgan fingerprint density at radius 1 is 1.35 bits per heavy atom. The summed E-state index contributed by atoms with van der Waals surface area (Å²) in [6, 6.07) is 4.30. The fraction of sp³-hybridized carbons (Fsp3) is 0.500. The van der Waals surface area contributed by atoms with Crippen molar-refractivity contribution < 1.29 is 18.0 Å². The summed E-state index contributed by atoms with van der Waals surface area (Å²) in [7, 11) is 0. The second-order valence-corrected chi connectivity index (χ2v) is 6.02. The topological polar surface area (TPSA) is 57.8 Å². The number of benzene rings is 1. The third-order valence-electron chi connectivity index (χ3n) is 4.24. The molecule has 1 aliphatic rings. The van der Waals surface area contributed by atoms with E-state index in [0.717, 1.165) is 0 Å². The maximum Gasteiger partial charge on any atom is 0.248 e. The third kappa shape index (κ3) is 3.83. The summed E-state index contributed by atoms with van der Waals surface area (Å²) in [4.78, 5) is 19.3. The lowest BCUT2D eigenvalue weighted by atomic mass is 9.86. The molecule has 1 saturated carbocycles. The van der Waals surface area contributed by atoms with E-state index in [1.54, 1.807) is 6.07 Å². The number of alkyl halides is 2. The lowest BCUT2D eigenvalue weighted by molar-refractivity contribution is -0.129. The van der Waals surface area contributed by atoms with E-state index in [2.05, 4.69) is 15.3 Å². The summed E-state index contributed by atoms with van der Waals surface area (Å²) < 4.78 is 39.3. The molecule has 1 fully saturated rings. The van der Waals surface area contributed by atoms with Crippen LogP contribution in [0.25, 0.3) is 11.0 Å². The Balaban J connectivity index is 1.49. The Kier molecular flexibility index (Phi) is 4.28. The van der Waals surface area contributed by atoms with E-state index < -0.39 is 5.92 Å². The number of hydrogen-bond donors (Lipinski definition) is 2. The highest BCUT2D eigenvalue weighted by Gasteiger charge is 2.37. The molecular weight excluding hydrogens is 307 g/mol. The molecule has 0 unspecified atom stereocenters. The van der Waals surface area contributed by atoms with E-state index in [1.807, 2.05) is 0 Å².